The summed E-state index contributed by atoms with van der Waals surface area (Å²) in [5, 5.41) is 21.1. The smallest absolute Gasteiger partial charge is 0.324 e. The molecular formula is C21H17N3O4. The van der Waals surface area contributed by atoms with E-state index in [1.165, 1.54) is 12.1 Å². The maximum Gasteiger partial charge on any atom is 0.324 e. The van der Waals surface area contributed by atoms with Gasteiger partial charge in [-0.2, -0.15) is 0 Å². The standard InChI is InChI=1S/C21H17N3O4/c22-21(26)23(19-13-12-17(24(27)28)14-20(19)25)18-9-5-4-8-16(18)11-10-15-6-2-1-3-7-15/h1-14,25H,(H2,22,26). The van der Waals surface area contributed by atoms with Crippen molar-refractivity contribution in [2.24, 2.45) is 5.73 Å². The molecule has 28 heavy (non-hydrogen) atoms. The zero-order valence-corrected chi connectivity index (χ0v) is 14.7. The second kappa shape index (κ2) is 8.05. The van der Waals surface area contributed by atoms with Crippen LogP contribution in [0.5, 0.6) is 5.75 Å². The number of phenols is 1. The van der Waals surface area contributed by atoms with Crippen molar-refractivity contribution in [3.05, 3.63) is 94.0 Å². The molecule has 3 rings (SSSR count). The Morgan fingerprint density at radius 1 is 0.964 bits per heavy atom. The van der Waals surface area contributed by atoms with Crippen LogP contribution in [0.4, 0.5) is 21.9 Å². The summed E-state index contributed by atoms with van der Waals surface area (Å²) in [6, 6.07) is 19.3. The van der Waals surface area contributed by atoms with Gasteiger partial charge >= 0.3 is 6.03 Å². The number of nitrogens with zero attached hydrogens (tertiary/aromatic N) is 2. The fourth-order valence-corrected chi connectivity index (χ4v) is 2.76. The average molecular weight is 375 g/mol. The van der Waals surface area contributed by atoms with Gasteiger partial charge in [0.2, 0.25) is 0 Å². The highest BCUT2D eigenvalue weighted by Crippen LogP contribution is 2.37. The maximum atomic E-state index is 12.2. The molecule has 0 fully saturated rings. The van der Waals surface area contributed by atoms with E-state index in [9.17, 15) is 20.0 Å². The number of rotatable bonds is 5. The van der Waals surface area contributed by atoms with Crippen LogP contribution in [-0.4, -0.2) is 16.1 Å². The molecule has 0 aliphatic rings. The number of nitro benzene ring substituents is 1. The molecule has 140 valence electrons. The number of aromatic hydroxyl groups is 1. The number of amides is 2. The number of anilines is 2. The van der Waals surface area contributed by atoms with E-state index in [4.69, 9.17) is 5.73 Å². The molecule has 2 amide bonds. The molecule has 0 aliphatic carbocycles. The van der Waals surface area contributed by atoms with Crippen LogP contribution in [-0.2, 0) is 0 Å². The minimum absolute atomic E-state index is 0.0543. The third-order valence-electron chi connectivity index (χ3n) is 4.06. The van der Waals surface area contributed by atoms with E-state index in [1.807, 2.05) is 48.6 Å². The molecule has 0 aromatic heterocycles. The lowest BCUT2D eigenvalue weighted by molar-refractivity contribution is -0.384. The largest absolute Gasteiger partial charge is 0.505 e. The zero-order chi connectivity index (χ0) is 20.1. The second-order valence-corrected chi connectivity index (χ2v) is 5.91. The van der Waals surface area contributed by atoms with Crippen molar-refractivity contribution < 1.29 is 14.8 Å². The SMILES string of the molecule is NC(=O)N(c1ccc([N+](=O)[O-])cc1O)c1ccccc1C=Cc1ccccc1. The third kappa shape index (κ3) is 3.99. The number of carbonyl (C=O) groups is 1. The Balaban J connectivity index is 2.06. The van der Waals surface area contributed by atoms with Crippen LogP contribution in [0.15, 0.2) is 72.8 Å². The van der Waals surface area contributed by atoms with Crippen molar-refractivity contribution >= 4 is 35.2 Å². The zero-order valence-electron chi connectivity index (χ0n) is 14.7. The Labute approximate surface area is 161 Å². The van der Waals surface area contributed by atoms with Crippen molar-refractivity contribution in [1.82, 2.24) is 0 Å². The fraction of sp³-hybridized carbons (Fsp3) is 0. The van der Waals surface area contributed by atoms with Gasteiger partial charge in [0.1, 0.15) is 5.75 Å². The molecule has 0 bridgehead atoms. The number of primary amides is 1. The molecule has 0 saturated heterocycles. The van der Waals surface area contributed by atoms with Gasteiger partial charge in [0.15, 0.2) is 0 Å². The fourth-order valence-electron chi connectivity index (χ4n) is 2.76. The number of nitrogens with two attached hydrogens (primary N) is 1. The van der Waals surface area contributed by atoms with Crippen LogP contribution in [0.2, 0.25) is 0 Å². The molecule has 7 heteroatoms. The Morgan fingerprint density at radius 3 is 2.29 bits per heavy atom. The predicted octanol–water partition coefficient (Wildman–Crippen LogP) is 4.69. The molecule has 3 aromatic carbocycles. The number of non-ortho nitro benzene ring substituents is 1. The first-order valence-corrected chi connectivity index (χ1v) is 8.36. The summed E-state index contributed by atoms with van der Waals surface area (Å²) in [6.45, 7) is 0. The van der Waals surface area contributed by atoms with Gasteiger partial charge in [-0.05, 0) is 23.3 Å². The summed E-state index contributed by atoms with van der Waals surface area (Å²) in [4.78, 5) is 23.6. The van der Waals surface area contributed by atoms with E-state index >= 15 is 0 Å². The Morgan fingerprint density at radius 2 is 1.64 bits per heavy atom. The highest BCUT2D eigenvalue weighted by Gasteiger charge is 2.22. The molecular weight excluding hydrogens is 358 g/mol. The van der Waals surface area contributed by atoms with Crippen molar-refractivity contribution in [3.8, 4) is 5.75 Å². The average Bonchev–Trinajstić information content (AvgIpc) is 2.69. The minimum atomic E-state index is -0.829. The number of carbonyl (C=O) groups excluding carboxylic acids is 1. The van der Waals surface area contributed by atoms with Gasteiger partial charge < -0.3 is 10.8 Å². The monoisotopic (exact) mass is 375 g/mol. The number of hydrogen-bond acceptors (Lipinski definition) is 4. The second-order valence-electron chi connectivity index (χ2n) is 5.91. The van der Waals surface area contributed by atoms with Crippen LogP contribution in [0.3, 0.4) is 0 Å². The van der Waals surface area contributed by atoms with Gasteiger partial charge in [0.05, 0.1) is 22.4 Å². The van der Waals surface area contributed by atoms with Crippen molar-refractivity contribution in [1.29, 1.82) is 0 Å². The van der Waals surface area contributed by atoms with E-state index < -0.39 is 16.7 Å². The molecule has 7 nitrogen and oxygen atoms in total. The lowest BCUT2D eigenvalue weighted by Gasteiger charge is -2.23. The molecule has 3 N–H and O–H groups in total. The molecule has 0 radical (unpaired) electrons. The van der Waals surface area contributed by atoms with Gasteiger partial charge in [-0.3, -0.25) is 15.0 Å². The Hall–Kier alpha value is -4.13. The van der Waals surface area contributed by atoms with E-state index in [2.05, 4.69) is 0 Å². The van der Waals surface area contributed by atoms with Crippen LogP contribution < -0.4 is 10.6 Å². The quantitative estimate of drug-likeness (QED) is 0.383. The number of phenolic OH excluding ortho intramolecular Hbond substituents is 1. The van der Waals surface area contributed by atoms with Crippen molar-refractivity contribution in [2.45, 2.75) is 0 Å². The van der Waals surface area contributed by atoms with Crippen LogP contribution in [0, 0.1) is 10.1 Å². The lowest BCUT2D eigenvalue weighted by atomic mass is 10.1. The predicted molar refractivity (Wildman–Crippen MR) is 108 cm³/mol. The first-order valence-electron chi connectivity index (χ1n) is 8.36. The molecule has 0 unspecified atom stereocenters. The van der Waals surface area contributed by atoms with E-state index in [0.29, 0.717) is 11.3 Å². The van der Waals surface area contributed by atoms with Gasteiger partial charge in [-0.15, -0.1) is 0 Å². The van der Waals surface area contributed by atoms with E-state index in [-0.39, 0.29) is 11.4 Å². The molecule has 0 atom stereocenters. The van der Waals surface area contributed by atoms with E-state index in [1.54, 1.807) is 18.2 Å². The molecule has 0 heterocycles. The normalized spacial score (nSPS) is 10.7. The minimum Gasteiger partial charge on any atom is -0.505 e. The molecule has 0 saturated carbocycles. The number of nitro groups is 1. The lowest BCUT2D eigenvalue weighted by Crippen LogP contribution is -2.32. The summed E-state index contributed by atoms with van der Waals surface area (Å²) >= 11 is 0. The number of urea groups is 1. The Kier molecular flexibility index (Phi) is 5.36. The first-order chi connectivity index (χ1) is 13.5. The molecule has 0 aliphatic heterocycles. The van der Waals surface area contributed by atoms with Crippen molar-refractivity contribution in [3.63, 3.8) is 0 Å². The first kappa shape index (κ1) is 18.7. The molecule has 3 aromatic rings. The summed E-state index contributed by atoms with van der Waals surface area (Å²) in [7, 11) is 0. The van der Waals surface area contributed by atoms with Gasteiger partial charge in [-0.1, -0.05) is 60.7 Å². The number of benzene rings is 3. The maximum absolute atomic E-state index is 12.2. The van der Waals surface area contributed by atoms with Crippen LogP contribution in [0.25, 0.3) is 12.2 Å². The van der Waals surface area contributed by atoms with E-state index in [0.717, 1.165) is 16.5 Å². The van der Waals surface area contributed by atoms with Crippen LogP contribution >= 0.6 is 0 Å². The Bertz CT molecular complexity index is 1050. The van der Waals surface area contributed by atoms with Gasteiger partial charge in [0.25, 0.3) is 5.69 Å². The highest BCUT2D eigenvalue weighted by atomic mass is 16.6. The van der Waals surface area contributed by atoms with Gasteiger partial charge in [0, 0.05) is 6.07 Å². The number of para-hydroxylation sites is 1. The topological polar surface area (TPSA) is 110 Å². The summed E-state index contributed by atoms with van der Waals surface area (Å²) in [5.74, 6) is -0.421. The third-order valence-corrected chi connectivity index (χ3v) is 4.06. The summed E-state index contributed by atoms with van der Waals surface area (Å²) in [6.07, 6.45) is 3.71. The van der Waals surface area contributed by atoms with Gasteiger partial charge in [-0.25, -0.2) is 4.79 Å². The van der Waals surface area contributed by atoms with Crippen LogP contribution in [0.1, 0.15) is 11.1 Å². The number of hydrogen-bond donors (Lipinski definition) is 2. The molecule has 0 spiro atoms. The highest BCUT2D eigenvalue weighted by molar-refractivity contribution is 6.02. The summed E-state index contributed by atoms with van der Waals surface area (Å²) in [5.41, 5.74) is 7.42. The summed E-state index contributed by atoms with van der Waals surface area (Å²) < 4.78 is 0. The van der Waals surface area contributed by atoms with Crippen molar-refractivity contribution in [2.75, 3.05) is 4.90 Å².